The molecule has 2 rings (SSSR count). The van der Waals surface area contributed by atoms with E-state index in [0.717, 1.165) is 18.7 Å². The van der Waals surface area contributed by atoms with Crippen LogP contribution in [0.1, 0.15) is 12.8 Å². The average molecular weight is 184 g/mol. The Morgan fingerprint density at radius 3 is 2.83 bits per heavy atom. The van der Waals surface area contributed by atoms with Crippen molar-refractivity contribution in [1.82, 2.24) is 9.97 Å². The molecule has 0 amide bonds. The smallest absolute Gasteiger partial charge is 0.144 e. The Morgan fingerprint density at radius 2 is 2.33 bits per heavy atom. The molecular formula is C8H10ClN3. The summed E-state index contributed by atoms with van der Waals surface area (Å²) in [5, 5.41) is 3.27. The van der Waals surface area contributed by atoms with Gasteiger partial charge in [-0.25, -0.2) is 4.98 Å². The first-order chi connectivity index (χ1) is 5.85. The minimum absolute atomic E-state index is 0.109. The third kappa shape index (κ3) is 1.50. The molecule has 1 saturated carbocycles. The minimum Gasteiger partial charge on any atom is -0.362 e. The molecule has 1 aromatic rings. The molecule has 0 spiro atoms. The van der Waals surface area contributed by atoms with Crippen molar-refractivity contribution in [1.29, 1.82) is 0 Å². The van der Waals surface area contributed by atoms with Gasteiger partial charge in [-0.15, -0.1) is 11.6 Å². The summed E-state index contributed by atoms with van der Waals surface area (Å²) in [4.78, 5) is 8.08. The van der Waals surface area contributed by atoms with Crippen LogP contribution in [0, 0.1) is 0 Å². The molecule has 64 valence electrons. The maximum absolute atomic E-state index is 5.79. The predicted molar refractivity (Wildman–Crippen MR) is 48.3 cm³/mol. The average Bonchev–Trinajstić information content (AvgIpc) is 2.88. The lowest BCUT2D eigenvalue weighted by atomic mass is 10.3. The number of hydrogen-bond donors (Lipinski definition) is 1. The van der Waals surface area contributed by atoms with Crippen molar-refractivity contribution in [3.63, 3.8) is 0 Å². The molecule has 0 saturated heterocycles. The molecular weight excluding hydrogens is 174 g/mol. The van der Waals surface area contributed by atoms with Crippen LogP contribution in [-0.2, 0) is 0 Å². The third-order valence-electron chi connectivity index (χ3n) is 2.07. The highest BCUT2D eigenvalue weighted by atomic mass is 35.5. The zero-order chi connectivity index (χ0) is 8.44. The second-order valence-electron chi connectivity index (χ2n) is 3.13. The molecule has 0 atom stereocenters. The van der Waals surface area contributed by atoms with Gasteiger partial charge in [0.25, 0.3) is 0 Å². The van der Waals surface area contributed by atoms with Crippen molar-refractivity contribution in [2.75, 3.05) is 11.2 Å². The topological polar surface area (TPSA) is 37.8 Å². The molecule has 1 N–H and O–H groups in total. The van der Waals surface area contributed by atoms with Crippen molar-refractivity contribution in [3.05, 3.63) is 18.6 Å². The molecule has 4 heteroatoms. The van der Waals surface area contributed by atoms with E-state index in [2.05, 4.69) is 15.3 Å². The quantitative estimate of drug-likeness (QED) is 0.725. The second kappa shape index (κ2) is 2.90. The van der Waals surface area contributed by atoms with Gasteiger partial charge in [0.1, 0.15) is 5.82 Å². The Kier molecular flexibility index (Phi) is 1.89. The van der Waals surface area contributed by atoms with Crippen LogP contribution in [0.5, 0.6) is 0 Å². The Labute approximate surface area is 76.2 Å². The van der Waals surface area contributed by atoms with Crippen LogP contribution >= 0.6 is 11.6 Å². The van der Waals surface area contributed by atoms with Crippen molar-refractivity contribution in [3.8, 4) is 0 Å². The first-order valence-corrected chi connectivity index (χ1v) is 4.48. The number of nitrogens with one attached hydrogen (secondary N) is 1. The number of anilines is 1. The van der Waals surface area contributed by atoms with E-state index in [1.165, 1.54) is 0 Å². The predicted octanol–water partition coefficient (Wildman–Crippen LogP) is 1.66. The highest BCUT2D eigenvalue weighted by Gasteiger charge is 2.42. The van der Waals surface area contributed by atoms with E-state index in [0.29, 0.717) is 5.88 Å². The normalized spacial score (nSPS) is 18.8. The largest absolute Gasteiger partial charge is 0.362 e. The van der Waals surface area contributed by atoms with E-state index in [9.17, 15) is 0 Å². The van der Waals surface area contributed by atoms with Crippen LogP contribution in [0.4, 0.5) is 5.82 Å². The molecule has 1 heterocycles. The highest BCUT2D eigenvalue weighted by molar-refractivity contribution is 6.19. The number of rotatable bonds is 3. The van der Waals surface area contributed by atoms with E-state index in [1.54, 1.807) is 18.6 Å². The Bertz CT molecular complexity index is 258. The van der Waals surface area contributed by atoms with Crippen molar-refractivity contribution in [2.24, 2.45) is 0 Å². The van der Waals surface area contributed by atoms with Gasteiger partial charge in [-0.1, -0.05) is 0 Å². The summed E-state index contributed by atoms with van der Waals surface area (Å²) >= 11 is 5.79. The summed E-state index contributed by atoms with van der Waals surface area (Å²) in [5.41, 5.74) is 0.109. The Morgan fingerprint density at radius 1 is 1.50 bits per heavy atom. The molecule has 3 nitrogen and oxygen atoms in total. The minimum atomic E-state index is 0.109. The van der Waals surface area contributed by atoms with E-state index >= 15 is 0 Å². The van der Waals surface area contributed by atoms with Gasteiger partial charge in [-0.05, 0) is 12.8 Å². The maximum atomic E-state index is 5.79. The molecule has 1 fully saturated rings. The molecule has 1 aliphatic carbocycles. The van der Waals surface area contributed by atoms with Gasteiger partial charge in [-0.2, -0.15) is 0 Å². The number of hydrogen-bond acceptors (Lipinski definition) is 3. The second-order valence-corrected chi connectivity index (χ2v) is 3.40. The van der Waals surface area contributed by atoms with Gasteiger partial charge in [0, 0.05) is 18.3 Å². The molecule has 0 bridgehead atoms. The monoisotopic (exact) mass is 183 g/mol. The van der Waals surface area contributed by atoms with Crippen molar-refractivity contribution < 1.29 is 0 Å². The van der Waals surface area contributed by atoms with Gasteiger partial charge in [0.2, 0.25) is 0 Å². The number of halogens is 1. The number of nitrogens with zero attached hydrogens (tertiary/aromatic N) is 2. The van der Waals surface area contributed by atoms with Crippen LogP contribution in [0.3, 0.4) is 0 Å². The molecule has 0 radical (unpaired) electrons. The SMILES string of the molecule is ClCC1(Nc2cnccn2)CC1. The van der Waals surface area contributed by atoms with E-state index in [4.69, 9.17) is 11.6 Å². The van der Waals surface area contributed by atoms with Crippen LogP contribution in [0.25, 0.3) is 0 Å². The molecule has 1 aromatic heterocycles. The highest BCUT2D eigenvalue weighted by Crippen LogP contribution is 2.39. The van der Waals surface area contributed by atoms with Gasteiger partial charge in [0.15, 0.2) is 0 Å². The summed E-state index contributed by atoms with van der Waals surface area (Å²) in [6, 6.07) is 0. The van der Waals surface area contributed by atoms with Gasteiger partial charge in [-0.3, -0.25) is 4.98 Å². The summed E-state index contributed by atoms with van der Waals surface area (Å²) in [6.07, 6.45) is 7.31. The maximum Gasteiger partial charge on any atom is 0.144 e. The summed E-state index contributed by atoms with van der Waals surface area (Å²) in [6.45, 7) is 0. The van der Waals surface area contributed by atoms with E-state index in [-0.39, 0.29) is 5.54 Å². The lowest BCUT2D eigenvalue weighted by molar-refractivity contribution is 0.827. The van der Waals surface area contributed by atoms with Crippen LogP contribution < -0.4 is 5.32 Å². The van der Waals surface area contributed by atoms with Crippen LogP contribution in [-0.4, -0.2) is 21.4 Å². The van der Waals surface area contributed by atoms with Crippen LogP contribution in [0.2, 0.25) is 0 Å². The van der Waals surface area contributed by atoms with Gasteiger partial charge in [0.05, 0.1) is 11.7 Å². The number of alkyl halides is 1. The first-order valence-electron chi connectivity index (χ1n) is 3.95. The van der Waals surface area contributed by atoms with E-state index in [1.807, 2.05) is 0 Å². The summed E-state index contributed by atoms with van der Waals surface area (Å²) < 4.78 is 0. The Balaban J connectivity index is 2.04. The van der Waals surface area contributed by atoms with Crippen molar-refractivity contribution in [2.45, 2.75) is 18.4 Å². The van der Waals surface area contributed by atoms with Crippen molar-refractivity contribution >= 4 is 17.4 Å². The van der Waals surface area contributed by atoms with Gasteiger partial charge >= 0.3 is 0 Å². The molecule has 12 heavy (non-hydrogen) atoms. The van der Waals surface area contributed by atoms with Gasteiger partial charge < -0.3 is 5.32 Å². The standard InChI is InChI=1S/C8H10ClN3/c9-6-8(1-2-8)12-7-5-10-3-4-11-7/h3-5H,1-2,6H2,(H,11,12). The van der Waals surface area contributed by atoms with Crippen LogP contribution in [0.15, 0.2) is 18.6 Å². The lowest BCUT2D eigenvalue weighted by Gasteiger charge is -2.13. The molecule has 1 aliphatic rings. The fourth-order valence-electron chi connectivity index (χ4n) is 1.08. The fraction of sp³-hybridized carbons (Fsp3) is 0.500. The zero-order valence-corrected chi connectivity index (χ0v) is 7.38. The number of aromatic nitrogens is 2. The third-order valence-corrected chi connectivity index (χ3v) is 2.58. The summed E-state index contributed by atoms with van der Waals surface area (Å²) in [5.74, 6) is 1.46. The fourth-order valence-corrected chi connectivity index (χ4v) is 1.41. The first kappa shape index (κ1) is 7.80. The Hall–Kier alpha value is -0.830. The molecule has 0 aliphatic heterocycles. The van der Waals surface area contributed by atoms with E-state index < -0.39 is 0 Å². The lowest BCUT2D eigenvalue weighted by Crippen LogP contribution is -2.23. The summed E-state index contributed by atoms with van der Waals surface area (Å²) in [7, 11) is 0. The molecule has 0 unspecified atom stereocenters. The zero-order valence-electron chi connectivity index (χ0n) is 6.63. The molecule has 0 aromatic carbocycles.